The van der Waals surface area contributed by atoms with Gasteiger partial charge in [0.2, 0.25) is 5.91 Å². The van der Waals surface area contributed by atoms with Crippen LogP contribution in [0, 0.1) is 0 Å². The van der Waals surface area contributed by atoms with Crippen LogP contribution in [0.15, 0.2) is 41.1 Å². The van der Waals surface area contributed by atoms with Gasteiger partial charge in [0, 0.05) is 31.8 Å². The maximum atomic E-state index is 12.6. The van der Waals surface area contributed by atoms with Crippen LogP contribution in [0.4, 0.5) is 0 Å². The average molecular weight is 315 g/mol. The second-order valence-electron chi connectivity index (χ2n) is 5.77. The third-order valence-corrected chi connectivity index (χ3v) is 4.25. The number of amides is 1. The highest BCUT2D eigenvalue weighted by Crippen LogP contribution is 2.23. The van der Waals surface area contributed by atoms with E-state index < -0.39 is 0 Å². The fourth-order valence-electron chi connectivity index (χ4n) is 2.67. The van der Waals surface area contributed by atoms with E-state index in [0.29, 0.717) is 19.7 Å². The van der Waals surface area contributed by atoms with Crippen LogP contribution in [0.2, 0.25) is 0 Å². The molecule has 2 aromatic rings. The quantitative estimate of drug-likeness (QED) is 0.864. The molecule has 1 aliphatic rings. The van der Waals surface area contributed by atoms with Crippen molar-refractivity contribution in [3.63, 3.8) is 0 Å². The Morgan fingerprint density at radius 2 is 2.22 bits per heavy atom. The number of carbonyl (C=O) groups is 1. The molecule has 0 saturated heterocycles. The molecule has 1 atom stereocenters. The summed E-state index contributed by atoms with van der Waals surface area (Å²) < 4.78 is 10.6. The van der Waals surface area contributed by atoms with E-state index in [1.165, 1.54) is 6.26 Å². The molecule has 1 amide bonds. The molecule has 0 N–H and O–H groups in total. The second kappa shape index (κ2) is 6.83. The minimum atomic E-state index is -0.114. The second-order valence-corrected chi connectivity index (χ2v) is 5.77. The number of likely N-dealkylation sites (N-methyl/N-ethyl adjacent to an activating group) is 1. The number of benzene rings is 1. The summed E-state index contributed by atoms with van der Waals surface area (Å²) in [6, 6.07) is 9.64. The molecule has 2 heterocycles. The summed E-state index contributed by atoms with van der Waals surface area (Å²) >= 11 is 0. The minimum absolute atomic E-state index is 0.0554. The van der Waals surface area contributed by atoms with Crippen LogP contribution in [-0.4, -0.2) is 47.6 Å². The molecule has 6 nitrogen and oxygen atoms in total. The molecule has 0 saturated carbocycles. The summed E-state index contributed by atoms with van der Waals surface area (Å²) in [7, 11) is 1.80. The number of aromatic nitrogens is 1. The van der Waals surface area contributed by atoms with Gasteiger partial charge in [0.05, 0.1) is 12.6 Å². The standard InChI is InChI=1S/C17H21N3O3/c1-13(15-7-9-23-18-15)19(2)17(21)12-20-8-10-22-16-6-4-3-5-14(16)11-20/h3-7,9,13H,8,10-12H2,1-2H3/t13-/m0/s1. The van der Waals surface area contributed by atoms with Gasteiger partial charge >= 0.3 is 0 Å². The topological polar surface area (TPSA) is 58.8 Å². The maximum Gasteiger partial charge on any atom is 0.237 e. The Bertz CT molecular complexity index is 657. The number of para-hydroxylation sites is 1. The number of ether oxygens (including phenoxy) is 1. The first-order chi connectivity index (χ1) is 11.1. The van der Waals surface area contributed by atoms with Gasteiger partial charge in [-0.05, 0) is 13.0 Å². The Morgan fingerprint density at radius 1 is 1.39 bits per heavy atom. The van der Waals surface area contributed by atoms with Crippen LogP contribution in [0.5, 0.6) is 5.75 Å². The molecule has 1 aromatic heterocycles. The van der Waals surface area contributed by atoms with Crippen molar-refractivity contribution >= 4 is 5.91 Å². The summed E-state index contributed by atoms with van der Waals surface area (Å²) in [6.07, 6.45) is 1.52. The number of hydrogen-bond acceptors (Lipinski definition) is 5. The highest BCUT2D eigenvalue weighted by Gasteiger charge is 2.23. The van der Waals surface area contributed by atoms with Gasteiger partial charge in [-0.15, -0.1) is 0 Å². The highest BCUT2D eigenvalue weighted by molar-refractivity contribution is 5.78. The molecule has 0 radical (unpaired) electrons. The van der Waals surface area contributed by atoms with Crippen molar-refractivity contribution in [3.8, 4) is 5.75 Å². The van der Waals surface area contributed by atoms with Gasteiger partial charge in [0.1, 0.15) is 24.3 Å². The Morgan fingerprint density at radius 3 is 3.00 bits per heavy atom. The fourth-order valence-corrected chi connectivity index (χ4v) is 2.67. The average Bonchev–Trinajstić information content (AvgIpc) is 3.01. The lowest BCUT2D eigenvalue weighted by Crippen LogP contribution is -2.40. The number of hydrogen-bond donors (Lipinski definition) is 0. The van der Waals surface area contributed by atoms with Crippen molar-refractivity contribution in [1.82, 2.24) is 15.0 Å². The van der Waals surface area contributed by atoms with Gasteiger partial charge in [-0.25, -0.2) is 0 Å². The molecular weight excluding hydrogens is 294 g/mol. The van der Waals surface area contributed by atoms with Crippen molar-refractivity contribution < 1.29 is 14.1 Å². The van der Waals surface area contributed by atoms with Gasteiger partial charge in [-0.3, -0.25) is 9.69 Å². The zero-order chi connectivity index (χ0) is 16.2. The van der Waals surface area contributed by atoms with Crippen LogP contribution in [0.1, 0.15) is 24.2 Å². The first kappa shape index (κ1) is 15.6. The van der Waals surface area contributed by atoms with E-state index in [1.54, 1.807) is 18.0 Å². The predicted octanol–water partition coefficient (Wildman–Crippen LogP) is 2.09. The molecule has 1 aromatic carbocycles. The van der Waals surface area contributed by atoms with E-state index in [2.05, 4.69) is 10.1 Å². The van der Waals surface area contributed by atoms with Crippen molar-refractivity contribution in [1.29, 1.82) is 0 Å². The molecule has 0 aliphatic carbocycles. The Balaban J connectivity index is 1.63. The van der Waals surface area contributed by atoms with E-state index in [-0.39, 0.29) is 11.9 Å². The van der Waals surface area contributed by atoms with Gasteiger partial charge in [-0.2, -0.15) is 0 Å². The number of rotatable bonds is 4. The fraction of sp³-hybridized carbons (Fsp3) is 0.412. The van der Waals surface area contributed by atoms with Crippen LogP contribution < -0.4 is 4.74 Å². The molecule has 0 fully saturated rings. The minimum Gasteiger partial charge on any atom is -0.492 e. The Hall–Kier alpha value is -2.34. The summed E-state index contributed by atoms with van der Waals surface area (Å²) in [4.78, 5) is 16.4. The van der Waals surface area contributed by atoms with E-state index >= 15 is 0 Å². The molecular formula is C17H21N3O3. The van der Waals surface area contributed by atoms with Crippen LogP contribution >= 0.6 is 0 Å². The third kappa shape index (κ3) is 3.53. The van der Waals surface area contributed by atoms with Crippen molar-refractivity contribution in [3.05, 3.63) is 47.9 Å². The molecule has 0 unspecified atom stereocenters. The number of carbonyl (C=O) groups excluding carboxylic acids is 1. The lowest BCUT2D eigenvalue weighted by Gasteiger charge is -2.26. The van der Waals surface area contributed by atoms with Gasteiger partial charge in [0.25, 0.3) is 0 Å². The molecule has 6 heteroatoms. The van der Waals surface area contributed by atoms with Gasteiger partial charge in [0.15, 0.2) is 0 Å². The van der Waals surface area contributed by atoms with Crippen LogP contribution in [0.3, 0.4) is 0 Å². The first-order valence-electron chi connectivity index (χ1n) is 7.74. The smallest absolute Gasteiger partial charge is 0.237 e. The van der Waals surface area contributed by atoms with Crippen molar-refractivity contribution in [2.24, 2.45) is 0 Å². The largest absolute Gasteiger partial charge is 0.492 e. The van der Waals surface area contributed by atoms with Crippen molar-refractivity contribution in [2.75, 3.05) is 26.7 Å². The van der Waals surface area contributed by atoms with Crippen LogP contribution in [0.25, 0.3) is 0 Å². The normalized spacial score (nSPS) is 16.1. The van der Waals surface area contributed by atoms with Crippen LogP contribution in [-0.2, 0) is 11.3 Å². The van der Waals surface area contributed by atoms with E-state index in [1.807, 2.05) is 31.2 Å². The molecule has 1 aliphatic heterocycles. The lowest BCUT2D eigenvalue weighted by atomic mass is 10.2. The molecule has 122 valence electrons. The predicted molar refractivity (Wildman–Crippen MR) is 84.9 cm³/mol. The number of nitrogens with zero attached hydrogens (tertiary/aromatic N) is 3. The molecule has 0 bridgehead atoms. The van der Waals surface area contributed by atoms with E-state index in [0.717, 1.165) is 23.6 Å². The summed E-state index contributed by atoms with van der Waals surface area (Å²) in [6.45, 7) is 4.33. The van der Waals surface area contributed by atoms with E-state index in [4.69, 9.17) is 9.26 Å². The first-order valence-corrected chi connectivity index (χ1v) is 7.74. The molecule has 0 spiro atoms. The lowest BCUT2D eigenvalue weighted by molar-refractivity contribution is -0.133. The Kier molecular flexibility index (Phi) is 4.62. The zero-order valence-corrected chi connectivity index (χ0v) is 13.4. The summed E-state index contributed by atoms with van der Waals surface area (Å²) in [5, 5.41) is 3.91. The monoisotopic (exact) mass is 315 g/mol. The highest BCUT2D eigenvalue weighted by atomic mass is 16.5. The van der Waals surface area contributed by atoms with Gasteiger partial charge in [-0.1, -0.05) is 23.4 Å². The zero-order valence-electron chi connectivity index (χ0n) is 13.4. The molecule has 3 rings (SSSR count). The summed E-state index contributed by atoms with van der Waals surface area (Å²) in [5.41, 5.74) is 1.87. The van der Waals surface area contributed by atoms with E-state index in [9.17, 15) is 4.79 Å². The van der Waals surface area contributed by atoms with Gasteiger partial charge < -0.3 is 14.2 Å². The van der Waals surface area contributed by atoms with Crippen molar-refractivity contribution in [2.45, 2.75) is 19.5 Å². The summed E-state index contributed by atoms with van der Waals surface area (Å²) in [5.74, 6) is 0.964. The SMILES string of the molecule is C[C@@H](c1ccon1)N(C)C(=O)CN1CCOc2ccccc2C1. The Labute approximate surface area is 135 Å². The molecule has 23 heavy (non-hydrogen) atoms. The maximum absolute atomic E-state index is 12.6. The third-order valence-electron chi connectivity index (χ3n) is 4.25. The number of fused-ring (bicyclic) bond motifs is 1.